The van der Waals surface area contributed by atoms with Crippen molar-refractivity contribution in [1.29, 1.82) is 0 Å². The molecule has 134 valence electrons. The number of imide groups is 1. The maximum atomic E-state index is 12.2. The molecule has 1 heterocycles. The highest BCUT2D eigenvalue weighted by Gasteiger charge is 2.29. The summed E-state index contributed by atoms with van der Waals surface area (Å²) in [6.07, 6.45) is -0.242. The Morgan fingerprint density at radius 2 is 1.69 bits per heavy atom. The fourth-order valence-electron chi connectivity index (χ4n) is 2.68. The van der Waals surface area contributed by atoms with Gasteiger partial charge in [0.25, 0.3) is 11.8 Å². The van der Waals surface area contributed by atoms with Gasteiger partial charge in [-0.05, 0) is 17.7 Å². The van der Waals surface area contributed by atoms with Crippen LogP contribution < -0.4 is 10.6 Å². The summed E-state index contributed by atoms with van der Waals surface area (Å²) < 4.78 is 24.3. The highest BCUT2D eigenvalue weighted by Crippen LogP contribution is 2.24. The average Bonchev–Trinajstić information content (AvgIpc) is 2.89. The molecule has 0 bridgehead atoms. The van der Waals surface area contributed by atoms with Crippen LogP contribution in [0.4, 0.5) is 5.69 Å². The van der Waals surface area contributed by atoms with Crippen molar-refractivity contribution in [2.75, 3.05) is 11.1 Å². The number of sulfone groups is 1. The lowest BCUT2D eigenvalue weighted by atomic mass is 10.1. The second kappa shape index (κ2) is 7.09. The second-order valence-corrected chi connectivity index (χ2v) is 8.07. The van der Waals surface area contributed by atoms with Crippen LogP contribution in [0.5, 0.6) is 0 Å². The topological polar surface area (TPSA) is 109 Å². The quantitative estimate of drug-likeness (QED) is 0.747. The first-order chi connectivity index (χ1) is 12.4. The van der Waals surface area contributed by atoms with E-state index in [2.05, 4.69) is 10.6 Å². The van der Waals surface area contributed by atoms with Gasteiger partial charge in [-0.3, -0.25) is 19.7 Å². The van der Waals surface area contributed by atoms with Crippen LogP contribution in [-0.2, 0) is 20.4 Å². The molecular weight excluding hydrogens is 356 g/mol. The predicted octanol–water partition coefficient (Wildman–Crippen LogP) is 1.51. The standard InChI is InChI=1S/C18H16N2O5S/c21-15(9-10-26(24,25)11-12-5-2-1-3-6-12)19-14-8-4-7-13-16(14)18(23)20-17(13)22/h1-8H,9-11H2,(H,19,21)(H,20,22,23). The monoisotopic (exact) mass is 372 g/mol. The van der Waals surface area contributed by atoms with Crippen LogP contribution in [0.2, 0.25) is 0 Å². The van der Waals surface area contributed by atoms with E-state index in [1.54, 1.807) is 36.4 Å². The number of fused-ring (bicyclic) bond motifs is 1. The van der Waals surface area contributed by atoms with Gasteiger partial charge in [-0.25, -0.2) is 8.42 Å². The maximum Gasteiger partial charge on any atom is 0.261 e. The molecule has 0 unspecified atom stereocenters. The summed E-state index contributed by atoms with van der Waals surface area (Å²) in [5.74, 6) is -2.10. The molecule has 1 aliphatic heterocycles. The third kappa shape index (κ3) is 3.97. The highest BCUT2D eigenvalue weighted by atomic mass is 32.2. The third-order valence-electron chi connectivity index (χ3n) is 3.91. The van der Waals surface area contributed by atoms with E-state index in [1.807, 2.05) is 0 Å². The van der Waals surface area contributed by atoms with Crippen molar-refractivity contribution in [3.63, 3.8) is 0 Å². The van der Waals surface area contributed by atoms with Crippen molar-refractivity contribution in [3.05, 3.63) is 65.2 Å². The van der Waals surface area contributed by atoms with Gasteiger partial charge in [0.05, 0.1) is 28.3 Å². The molecule has 0 atom stereocenters. The van der Waals surface area contributed by atoms with E-state index >= 15 is 0 Å². The van der Waals surface area contributed by atoms with E-state index in [0.29, 0.717) is 5.56 Å². The van der Waals surface area contributed by atoms with E-state index < -0.39 is 27.6 Å². The molecule has 2 aromatic rings. The van der Waals surface area contributed by atoms with E-state index in [9.17, 15) is 22.8 Å². The normalized spacial score (nSPS) is 13.2. The third-order valence-corrected chi connectivity index (χ3v) is 5.51. The van der Waals surface area contributed by atoms with Gasteiger partial charge < -0.3 is 5.32 Å². The number of nitrogens with one attached hydrogen (secondary N) is 2. The Labute approximate surface area is 150 Å². The number of anilines is 1. The van der Waals surface area contributed by atoms with Crippen molar-refractivity contribution in [2.45, 2.75) is 12.2 Å². The molecule has 3 rings (SSSR count). The molecule has 0 aliphatic carbocycles. The summed E-state index contributed by atoms with van der Waals surface area (Å²) in [5, 5.41) is 4.67. The number of amides is 3. The number of hydrogen-bond donors (Lipinski definition) is 2. The number of carbonyl (C=O) groups is 3. The van der Waals surface area contributed by atoms with E-state index in [4.69, 9.17) is 0 Å². The lowest BCUT2D eigenvalue weighted by Gasteiger charge is -2.09. The fraction of sp³-hybridized carbons (Fsp3) is 0.167. The average molecular weight is 372 g/mol. The number of rotatable bonds is 6. The summed E-state index contributed by atoms with van der Waals surface area (Å²) in [5.41, 5.74) is 1.13. The summed E-state index contributed by atoms with van der Waals surface area (Å²) in [6, 6.07) is 13.2. The van der Waals surface area contributed by atoms with Crippen LogP contribution in [0.15, 0.2) is 48.5 Å². The van der Waals surface area contributed by atoms with Gasteiger partial charge in [0.15, 0.2) is 9.84 Å². The van der Waals surface area contributed by atoms with Gasteiger partial charge in [-0.2, -0.15) is 0 Å². The van der Waals surface area contributed by atoms with Crippen molar-refractivity contribution in [3.8, 4) is 0 Å². The lowest BCUT2D eigenvalue weighted by Crippen LogP contribution is -2.21. The largest absolute Gasteiger partial charge is 0.325 e. The van der Waals surface area contributed by atoms with Crippen LogP contribution in [0.1, 0.15) is 32.7 Å². The van der Waals surface area contributed by atoms with Crippen molar-refractivity contribution in [1.82, 2.24) is 5.32 Å². The SMILES string of the molecule is O=C(CCS(=O)(=O)Cc1ccccc1)Nc1cccc2c1C(=O)NC2=O. The number of carbonyl (C=O) groups excluding carboxylic acids is 3. The molecular formula is C18H16N2O5S. The molecule has 0 aromatic heterocycles. The predicted molar refractivity (Wildman–Crippen MR) is 95.4 cm³/mol. The van der Waals surface area contributed by atoms with Crippen molar-refractivity contribution >= 4 is 33.2 Å². The number of benzene rings is 2. The minimum atomic E-state index is -3.45. The smallest absolute Gasteiger partial charge is 0.261 e. The molecule has 26 heavy (non-hydrogen) atoms. The van der Waals surface area contributed by atoms with Crippen LogP contribution in [-0.4, -0.2) is 31.9 Å². The summed E-state index contributed by atoms with van der Waals surface area (Å²) in [6.45, 7) is 0. The molecule has 0 saturated heterocycles. The molecule has 0 fully saturated rings. The Balaban J connectivity index is 1.64. The lowest BCUT2D eigenvalue weighted by molar-refractivity contribution is -0.115. The molecule has 7 nitrogen and oxygen atoms in total. The minimum absolute atomic E-state index is 0.0954. The molecule has 0 spiro atoms. The maximum absolute atomic E-state index is 12.2. The second-order valence-electron chi connectivity index (χ2n) is 5.89. The van der Waals surface area contributed by atoms with Gasteiger partial charge in [0.1, 0.15) is 0 Å². The number of hydrogen-bond acceptors (Lipinski definition) is 5. The first kappa shape index (κ1) is 17.8. The first-order valence-electron chi connectivity index (χ1n) is 7.88. The minimum Gasteiger partial charge on any atom is -0.325 e. The fourth-order valence-corrected chi connectivity index (χ4v) is 4.03. The van der Waals surface area contributed by atoms with Crippen molar-refractivity contribution in [2.24, 2.45) is 0 Å². The summed E-state index contributed by atoms with van der Waals surface area (Å²) in [4.78, 5) is 35.5. The Hall–Kier alpha value is -3.00. The Morgan fingerprint density at radius 1 is 0.962 bits per heavy atom. The molecule has 8 heteroatoms. The highest BCUT2D eigenvalue weighted by molar-refractivity contribution is 7.90. The van der Waals surface area contributed by atoms with Crippen LogP contribution in [0, 0.1) is 0 Å². The zero-order valence-electron chi connectivity index (χ0n) is 13.7. The molecule has 1 aliphatic rings. The Bertz CT molecular complexity index is 984. The molecule has 0 radical (unpaired) electrons. The van der Waals surface area contributed by atoms with Gasteiger partial charge in [0, 0.05) is 6.42 Å². The van der Waals surface area contributed by atoms with Crippen LogP contribution >= 0.6 is 0 Å². The molecule has 2 aromatic carbocycles. The van der Waals surface area contributed by atoms with Crippen molar-refractivity contribution < 1.29 is 22.8 Å². The summed E-state index contributed by atoms with van der Waals surface area (Å²) in [7, 11) is -3.45. The Morgan fingerprint density at radius 3 is 2.42 bits per heavy atom. The van der Waals surface area contributed by atoms with E-state index in [0.717, 1.165) is 0 Å². The van der Waals surface area contributed by atoms with Gasteiger partial charge >= 0.3 is 0 Å². The molecule has 2 N–H and O–H groups in total. The summed E-state index contributed by atoms with van der Waals surface area (Å²) >= 11 is 0. The zero-order chi connectivity index (χ0) is 18.7. The van der Waals surface area contributed by atoms with Crippen LogP contribution in [0.3, 0.4) is 0 Å². The van der Waals surface area contributed by atoms with Gasteiger partial charge in [-0.1, -0.05) is 36.4 Å². The van der Waals surface area contributed by atoms with Gasteiger partial charge in [-0.15, -0.1) is 0 Å². The zero-order valence-corrected chi connectivity index (χ0v) is 14.5. The van der Waals surface area contributed by atoms with Gasteiger partial charge in [0.2, 0.25) is 5.91 Å². The molecule has 3 amide bonds. The Kier molecular flexibility index (Phi) is 4.85. The van der Waals surface area contributed by atoms with E-state index in [-0.39, 0.29) is 34.7 Å². The first-order valence-corrected chi connectivity index (χ1v) is 9.71. The van der Waals surface area contributed by atoms with Crippen LogP contribution in [0.25, 0.3) is 0 Å². The molecule has 0 saturated carbocycles. The van der Waals surface area contributed by atoms with E-state index in [1.165, 1.54) is 12.1 Å².